The molecule has 0 aliphatic carbocycles. The van der Waals surface area contributed by atoms with Crippen LogP contribution in [0.2, 0.25) is 0 Å². The summed E-state index contributed by atoms with van der Waals surface area (Å²) in [5.41, 5.74) is -0.396. The third-order valence-corrected chi connectivity index (χ3v) is 4.32. The molecule has 0 saturated carbocycles. The van der Waals surface area contributed by atoms with Gasteiger partial charge in [-0.05, 0) is 0 Å². The van der Waals surface area contributed by atoms with Gasteiger partial charge in [-0.2, -0.15) is 0 Å². The number of hydrogen-bond donors (Lipinski definition) is 2. The van der Waals surface area contributed by atoms with Crippen LogP contribution in [0.5, 0.6) is 0 Å². The molecule has 1 aliphatic rings. The second-order valence-electron chi connectivity index (χ2n) is 5.06. The molecule has 1 aliphatic heterocycles. The van der Waals surface area contributed by atoms with Gasteiger partial charge in [0.1, 0.15) is 0 Å². The molecule has 1 fully saturated rings. The van der Waals surface area contributed by atoms with Crippen LogP contribution in [-0.2, 0) is 4.52 Å². The Hall–Kier alpha value is -0.220. The molecular weight excluding hydrogens is 225 g/mol. The van der Waals surface area contributed by atoms with Gasteiger partial charge >= 0.3 is 97.9 Å². The first-order valence-electron chi connectivity index (χ1n) is 5.75. The van der Waals surface area contributed by atoms with E-state index in [0.717, 1.165) is 13.1 Å². The van der Waals surface area contributed by atoms with Gasteiger partial charge in [-0.1, -0.05) is 0 Å². The Balaban J connectivity index is 2.57. The molecule has 0 atom stereocenters. The maximum atomic E-state index is 10.2. The van der Waals surface area contributed by atoms with Crippen molar-refractivity contribution >= 4 is 14.4 Å². The number of likely N-dealkylation sites (tertiary alicyclic amines) is 1. The molecule has 0 amide bonds. The Bertz CT molecular complexity index is 249. The molecule has 96 valence electrons. The summed E-state index contributed by atoms with van der Waals surface area (Å²) in [5.74, 6) is 0. The second-order valence-corrected chi connectivity index (χ2v) is 7.24. The van der Waals surface area contributed by atoms with E-state index in [9.17, 15) is 4.89 Å². The Labute approximate surface area is 98.5 Å². The normalized spacial score (nSPS) is 19.7. The zero-order valence-electron chi connectivity index (χ0n) is 10.7. The Morgan fingerprint density at radius 3 is 2.38 bits per heavy atom. The molecule has 16 heavy (non-hydrogen) atoms. The van der Waals surface area contributed by atoms with Gasteiger partial charge in [-0.25, -0.2) is 0 Å². The number of hydrogen-bond acceptors (Lipinski definition) is 4. The van der Waals surface area contributed by atoms with Gasteiger partial charge in [0.2, 0.25) is 0 Å². The van der Waals surface area contributed by atoms with Crippen molar-refractivity contribution in [3.63, 3.8) is 0 Å². The Kier molecular flexibility index (Phi) is 4.68. The van der Waals surface area contributed by atoms with Gasteiger partial charge in [-0.15, -0.1) is 0 Å². The first-order chi connectivity index (χ1) is 7.35. The third kappa shape index (κ3) is 4.74. The molecule has 0 aromatic rings. The van der Waals surface area contributed by atoms with E-state index in [1.54, 1.807) is 13.4 Å². The van der Waals surface area contributed by atoms with Gasteiger partial charge in [0.05, 0.1) is 0 Å². The third-order valence-electron chi connectivity index (χ3n) is 2.31. The molecule has 5 nitrogen and oxygen atoms in total. The molecule has 6 heteroatoms. The summed E-state index contributed by atoms with van der Waals surface area (Å²) in [7, 11) is -1.47. The van der Waals surface area contributed by atoms with E-state index in [1.807, 2.05) is 20.8 Å². The van der Waals surface area contributed by atoms with E-state index >= 15 is 0 Å². The summed E-state index contributed by atoms with van der Waals surface area (Å²) < 4.78 is 9.80. The van der Waals surface area contributed by atoms with Crippen LogP contribution in [0.1, 0.15) is 33.6 Å². The number of nitrogens with zero attached hydrogens (tertiary/aromatic N) is 2. The molecule has 0 aromatic heterocycles. The van der Waals surface area contributed by atoms with Crippen molar-refractivity contribution in [1.29, 1.82) is 0 Å². The number of nitrogens with one attached hydrogen (secondary N) is 1. The van der Waals surface area contributed by atoms with Crippen LogP contribution >= 0.6 is 8.02 Å². The van der Waals surface area contributed by atoms with Crippen LogP contribution in [0.25, 0.3) is 0 Å². The van der Waals surface area contributed by atoms with Crippen molar-refractivity contribution in [2.24, 2.45) is 4.76 Å². The predicted molar refractivity (Wildman–Crippen MR) is 69.7 cm³/mol. The number of rotatable bonds is 4. The first kappa shape index (κ1) is 13.8. The van der Waals surface area contributed by atoms with E-state index in [4.69, 9.17) is 4.52 Å². The fourth-order valence-electron chi connectivity index (χ4n) is 1.59. The van der Waals surface area contributed by atoms with Crippen LogP contribution in [-0.4, -0.2) is 41.9 Å². The van der Waals surface area contributed by atoms with Gasteiger partial charge in [0.15, 0.2) is 0 Å². The summed E-state index contributed by atoms with van der Waals surface area (Å²) in [6, 6.07) is 0. The minimum atomic E-state index is -3.15. The van der Waals surface area contributed by atoms with Crippen molar-refractivity contribution in [2.45, 2.75) is 39.2 Å². The van der Waals surface area contributed by atoms with E-state index < -0.39 is 13.6 Å². The summed E-state index contributed by atoms with van der Waals surface area (Å²) in [6.07, 6.45) is 4.12. The predicted octanol–water partition coefficient (Wildman–Crippen LogP) is 1.55. The van der Waals surface area contributed by atoms with Crippen LogP contribution in [0.15, 0.2) is 4.76 Å². The van der Waals surface area contributed by atoms with Gasteiger partial charge in [0.25, 0.3) is 0 Å². The first-order valence-corrected chi connectivity index (χ1v) is 7.56. The SMILES string of the molecule is CN[PH](O)(N=CN1CCCC1)OC(C)(C)C. The van der Waals surface area contributed by atoms with Crippen molar-refractivity contribution in [2.75, 3.05) is 20.1 Å². The van der Waals surface area contributed by atoms with Crippen LogP contribution in [0, 0.1) is 0 Å². The fraction of sp³-hybridized carbons (Fsp3) is 0.900. The molecule has 2 N–H and O–H groups in total. The standard InChI is InChI=1S/C10H24N3O2P/c1-10(2,3)15-16(14,11-4)12-9-13-7-5-6-8-13/h9,11,14,16H,5-8H2,1-4H3. The van der Waals surface area contributed by atoms with Crippen molar-refractivity contribution in [1.82, 2.24) is 9.99 Å². The molecular formula is C10H24N3O2P. The van der Waals surface area contributed by atoms with E-state index in [2.05, 4.69) is 14.8 Å². The summed E-state index contributed by atoms with van der Waals surface area (Å²) in [5, 5.41) is 2.81. The fourth-order valence-corrected chi connectivity index (χ4v) is 3.04. The molecule has 1 saturated heterocycles. The average Bonchev–Trinajstić information content (AvgIpc) is 2.64. The molecule has 0 bridgehead atoms. The van der Waals surface area contributed by atoms with E-state index in [-0.39, 0.29) is 0 Å². The molecule has 0 spiro atoms. The minimum absolute atomic E-state index is 0.396. The Morgan fingerprint density at radius 1 is 1.38 bits per heavy atom. The summed E-state index contributed by atoms with van der Waals surface area (Å²) >= 11 is 0. The zero-order chi connectivity index (χ0) is 12.2. The van der Waals surface area contributed by atoms with Crippen molar-refractivity contribution in [3.8, 4) is 0 Å². The van der Waals surface area contributed by atoms with Gasteiger partial charge in [-0.3, -0.25) is 0 Å². The van der Waals surface area contributed by atoms with Crippen molar-refractivity contribution in [3.05, 3.63) is 0 Å². The summed E-state index contributed by atoms with van der Waals surface area (Å²) in [6.45, 7) is 7.77. The topological polar surface area (TPSA) is 57.1 Å². The zero-order valence-corrected chi connectivity index (χ0v) is 11.7. The van der Waals surface area contributed by atoms with Crippen LogP contribution < -0.4 is 5.09 Å². The van der Waals surface area contributed by atoms with Crippen LogP contribution in [0.4, 0.5) is 0 Å². The summed E-state index contributed by atoms with van der Waals surface area (Å²) in [4.78, 5) is 12.3. The monoisotopic (exact) mass is 249 g/mol. The Morgan fingerprint density at radius 2 is 1.94 bits per heavy atom. The molecule has 0 aromatic carbocycles. The maximum absolute atomic E-state index is 10.2. The van der Waals surface area contributed by atoms with Gasteiger partial charge < -0.3 is 0 Å². The molecule has 0 radical (unpaired) electrons. The van der Waals surface area contributed by atoms with Crippen molar-refractivity contribution < 1.29 is 9.42 Å². The van der Waals surface area contributed by atoms with Crippen LogP contribution in [0.3, 0.4) is 0 Å². The van der Waals surface area contributed by atoms with Gasteiger partial charge in [0, 0.05) is 0 Å². The average molecular weight is 249 g/mol. The quantitative estimate of drug-likeness (QED) is 0.451. The molecule has 0 unspecified atom stereocenters. The van der Waals surface area contributed by atoms with E-state index in [1.165, 1.54) is 12.8 Å². The molecule has 1 rings (SSSR count). The molecule has 1 heterocycles. The second kappa shape index (κ2) is 5.41. The van der Waals surface area contributed by atoms with E-state index in [0.29, 0.717) is 0 Å².